The SMILES string of the molecule is CNC(=O)c1cc(Oc2ccc3c(c2)sc2nc(-c4ccc(Cl)c(C(F)(F)F)c4)cn23)ccn1. The lowest BCUT2D eigenvalue weighted by atomic mass is 10.1. The molecule has 0 radical (unpaired) electrons. The van der Waals surface area contributed by atoms with E-state index in [1.807, 2.05) is 16.5 Å². The van der Waals surface area contributed by atoms with Crippen molar-refractivity contribution in [2.24, 2.45) is 0 Å². The Kier molecular flexibility index (Phi) is 5.41. The lowest BCUT2D eigenvalue weighted by Crippen LogP contribution is -2.18. The van der Waals surface area contributed by atoms with E-state index in [-0.39, 0.29) is 16.6 Å². The summed E-state index contributed by atoms with van der Waals surface area (Å²) in [5.74, 6) is 0.692. The van der Waals surface area contributed by atoms with Crippen LogP contribution in [-0.2, 0) is 6.18 Å². The van der Waals surface area contributed by atoms with Crippen LogP contribution in [0.25, 0.3) is 26.4 Å². The third kappa shape index (κ3) is 4.06. The summed E-state index contributed by atoms with van der Waals surface area (Å²) in [6, 6.07) is 12.4. The number of imidazole rings is 1. The lowest BCUT2D eigenvalue weighted by molar-refractivity contribution is -0.137. The highest BCUT2D eigenvalue weighted by Gasteiger charge is 2.33. The standard InChI is InChI=1S/C23H14ClF3N4O2S/c1-28-21(32)17-9-14(6-7-29-17)33-13-3-5-19-20(10-13)34-22-30-18(11-31(19)22)12-2-4-16(24)15(8-12)23(25,26)27/h2-11H,1H3,(H,28,32). The molecular weight excluding hydrogens is 489 g/mol. The van der Waals surface area contributed by atoms with E-state index >= 15 is 0 Å². The molecule has 3 heterocycles. The highest BCUT2D eigenvalue weighted by Crippen LogP contribution is 2.38. The van der Waals surface area contributed by atoms with Crippen molar-refractivity contribution in [2.75, 3.05) is 7.05 Å². The maximum absolute atomic E-state index is 13.2. The highest BCUT2D eigenvalue weighted by molar-refractivity contribution is 7.23. The van der Waals surface area contributed by atoms with Crippen molar-refractivity contribution in [1.29, 1.82) is 0 Å². The summed E-state index contributed by atoms with van der Waals surface area (Å²) >= 11 is 7.10. The smallest absolute Gasteiger partial charge is 0.417 e. The van der Waals surface area contributed by atoms with Crippen LogP contribution in [0.4, 0.5) is 13.2 Å². The molecule has 0 bridgehead atoms. The van der Waals surface area contributed by atoms with Crippen LogP contribution < -0.4 is 10.1 Å². The Morgan fingerprint density at radius 3 is 2.68 bits per heavy atom. The third-order valence-electron chi connectivity index (χ3n) is 5.06. The van der Waals surface area contributed by atoms with E-state index in [2.05, 4.69) is 15.3 Å². The van der Waals surface area contributed by atoms with Gasteiger partial charge >= 0.3 is 6.18 Å². The minimum absolute atomic E-state index is 0.235. The molecule has 0 spiro atoms. The van der Waals surface area contributed by atoms with E-state index in [1.165, 1.54) is 42.8 Å². The fourth-order valence-electron chi connectivity index (χ4n) is 3.45. The quantitative estimate of drug-likeness (QED) is 0.307. The Hall–Kier alpha value is -3.63. The first-order valence-corrected chi connectivity index (χ1v) is 11.1. The number of thiazole rings is 1. The van der Waals surface area contributed by atoms with Gasteiger partial charge in [-0.15, -0.1) is 0 Å². The summed E-state index contributed by atoms with van der Waals surface area (Å²) in [5.41, 5.74) is 0.904. The monoisotopic (exact) mass is 502 g/mol. The van der Waals surface area contributed by atoms with Crippen LogP contribution in [0, 0.1) is 0 Å². The molecule has 0 aliphatic carbocycles. The Balaban J connectivity index is 1.47. The largest absolute Gasteiger partial charge is 0.457 e. The van der Waals surface area contributed by atoms with Crippen molar-refractivity contribution in [2.45, 2.75) is 6.18 Å². The Morgan fingerprint density at radius 2 is 1.91 bits per heavy atom. The van der Waals surface area contributed by atoms with Gasteiger partial charge in [0.25, 0.3) is 5.91 Å². The van der Waals surface area contributed by atoms with Crippen LogP contribution in [0.3, 0.4) is 0 Å². The molecule has 1 N–H and O–H groups in total. The number of ether oxygens (including phenoxy) is 1. The Morgan fingerprint density at radius 1 is 1.12 bits per heavy atom. The van der Waals surface area contributed by atoms with Gasteiger partial charge in [0, 0.05) is 37.1 Å². The summed E-state index contributed by atoms with van der Waals surface area (Å²) < 4.78 is 48.3. The van der Waals surface area contributed by atoms with Gasteiger partial charge in [-0.05, 0) is 30.3 Å². The maximum Gasteiger partial charge on any atom is 0.417 e. The molecule has 0 unspecified atom stereocenters. The summed E-state index contributed by atoms with van der Waals surface area (Å²) in [5, 5.41) is 2.16. The second-order valence-electron chi connectivity index (χ2n) is 7.26. The minimum atomic E-state index is -4.55. The number of benzene rings is 2. The number of amides is 1. The molecule has 0 atom stereocenters. The second-order valence-corrected chi connectivity index (χ2v) is 8.68. The Labute approximate surface area is 199 Å². The number of halogens is 4. The average Bonchev–Trinajstić information content (AvgIpc) is 3.36. The van der Waals surface area contributed by atoms with Crippen LogP contribution in [-0.4, -0.2) is 27.3 Å². The van der Waals surface area contributed by atoms with Gasteiger partial charge in [0.1, 0.15) is 17.2 Å². The number of nitrogens with one attached hydrogen (secondary N) is 1. The number of hydrogen-bond acceptors (Lipinski definition) is 5. The fraction of sp³-hybridized carbons (Fsp3) is 0.0870. The van der Waals surface area contributed by atoms with Crippen molar-refractivity contribution in [3.63, 3.8) is 0 Å². The fourth-order valence-corrected chi connectivity index (χ4v) is 4.71. The van der Waals surface area contributed by atoms with Gasteiger partial charge < -0.3 is 10.1 Å². The van der Waals surface area contributed by atoms with E-state index in [0.717, 1.165) is 16.3 Å². The number of carbonyl (C=O) groups excluding carboxylic acids is 1. The van der Waals surface area contributed by atoms with E-state index in [1.54, 1.807) is 18.3 Å². The molecule has 0 aliphatic rings. The van der Waals surface area contributed by atoms with Crippen LogP contribution in [0.5, 0.6) is 11.5 Å². The summed E-state index contributed by atoms with van der Waals surface area (Å²) in [6.45, 7) is 0. The summed E-state index contributed by atoms with van der Waals surface area (Å²) in [7, 11) is 1.52. The third-order valence-corrected chi connectivity index (χ3v) is 6.41. The number of hydrogen-bond donors (Lipinski definition) is 1. The molecule has 34 heavy (non-hydrogen) atoms. The molecule has 0 saturated heterocycles. The molecule has 172 valence electrons. The molecule has 2 aromatic carbocycles. The first kappa shape index (κ1) is 22.2. The number of fused-ring (bicyclic) bond motifs is 3. The summed E-state index contributed by atoms with van der Waals surface area (Å²) in [6.07, 6.45) is -1.38. The number of alkyl halides is 3. The molecule has 5 rings (SSSR count). The predicted octanol–water partition coefficient (Wildman–Crippen LogP) is 6.44. The van der Waals surface area contributed by atoms with Crippen LogP contribution in [0.2, 0.25) is 5.02 Å². The Bertz CT molecular complexity index is 1560. The lowest BCUT2D eigenvalue weighted by Gasteiger charge is -2.09. The summed E-state index contributed by atoms with van der Waals surface area (Å²) in [4.78, 5) is 20.9. The van der Waals surface area contributed by atoms with E-state index < -0.39 is 11.7 Å². The van der Waals surface area contributed by atoms with Gasteiger partial charge in [0.2, 0.25) is 0 Å². The van der Waals surface area contributed by atoms with E-state index in [4.69, 9.17) is 16.3 Å². The van der Waals surface area contributed by atoms with Crippen molar-refractivity contribution in [3.05, 3.63) is 77.2 Å². The zero-order chi connectivity index (χ0) is 24.0. The van der Waals surface area contributed by atoms with Gasteiger partial charge in [-0.2, -0.15) is 13.2 Å². The van der Waals surface area contributed by atoms with Gasteiger partial charge in [0.05, 0.1) is 26.5 Å². The molecule has 11 heteroatoms. The number of pyridine rings is 1. The first-order valence-electron chi connectivity index (χ1n) is 9.88. The molecule has 5 aromatic rings. The van der Waals surface area contributed by atoms with Crippen LogP contribution in [0.1, 0.15) is 16.1 Å². The molecular formula is C23H14ClF3N4O2S. The molecule has 1 amide bonds. The number of aromatic nitrogens is 3. The number of nitrogens with zero attached hydrogens (tertiary/aromatic N) is 3. The molecule has 0 aliphatic heterocycles. The van der Waals surface area contributed by atoms with Crippen LogP contribution >= 0.6 is 22.9 Å². The number of rotatable bonds is 4. The van der Waals surface area contributed by atoms with Gasteiger partial charge in [-0.1, -0.05) is 29.0 Å². The normalized spacial score (nSPS) is 11.8. The molecule has 0 saturated carbocycles. The van der Waals surface area contributed by atoms with Gasteiger partial charge in [0.15, 0.2) is 4.96 Å². The zero-order valence-electron chi connectivity index (χ0n) is 17.4. The average molecular weight is 503 g/mol. The van der Waals surface area contributed by atoms with Crippen molar-refractivity contribution in [3.8, 4) is 22.8 Å². The topological polar surface area (TPSA) is 68.5 Å². The first-order chi connectivity index (χ1) is 16.2. The number of carbonyl (C=O) groups is 1. The van der Waals surface area contributed by atoms with E-state index in [0.29, 0.717) is 27.7 Å². The molecule has 0 fully saturated rings. The maximum atomic E-state index is 13.2. The van der Waals surface area contributed by atoms with Gasteiger partial charge in [-0.25, -0.2) is 4.98 Å². The van der Waals surface area contributed by atoms with Crippen molar-refractivity contribution in [1.82, 2.24) is 19.7 Å². The van der Waals surface area contributed by atoms with Crippen molar-refractivity contribution < 1.29 is 22.7 Å². The predicted molar refractivity (Wildman–Crippen MR) is 124 cm³/mol. The van der Waals surface area contributed by atoms with Crippen LogP contribution in [0.15, 0.2) is 60.9 Å². The molecule has 3 aromatic heterocycles. The van der Waals surface area contributed by atoms with Crippen molar-refractivity contribution >= 4 is 44.0 Å². The minimum Gasteiger partial charge on any atom is -0.457 e. The van der Waals surface area contributed by atoms with E-state index in [9.17, 15) is 18.0 Å². The van der Waals surface area contributed by atoms with Gasteiger partial charge in [-0.3, -0.25) is 14.2 Å². The highest BCUT2D eigenvalue weighted by atomic mass is 35.5. The zero-order valence-corrected chi connectivity index (χ0v) is 18.9. The second kappa shape index (κ2) is 8.30. The molecule has 6 nitrogen and oxygen atoms in total.